The van der Waals surface area contributed by atoms with Gasteiger partial charge in [0, 0.05) is 18.3 Å². The maximum atomic E-state index is 13.3. The van der Waals surface area contributed by atoms with E-state index in [2.05, 4.69) is 5.32 Å². The van der Waals surface area contributed by atoms with Crippen molar-refractivity contribution in [1.82, 2.24) is 4.90 Å². The van der Waals surface area contributed by atoms with Gasteiger partial charge in [-0.3, -0.25) is 0 Å². The van der Waals surface area contributed by atoms with E-state index in [0.717, 1.165) is 25.8 Å². The molecule has 3 nitrogen and oxygen atoms in total. The molecule has 18 heavy (non-hydrogen) atoms. The maximum Gasteiger partial charge on any atom is 0.322 e. The lowest BCUT2D eigenvalue weighted by Gasteiger charge is -2.33. The first-order chi connectivity index (χ1) is 8.58. The molecule has 0 unspecified atom stereocenters. The van der Waals surface area contributed by atoms with Crippen LogP contribution in [0, 0.1) is 5.82 Å². The fraction of sp³-hybridized carbons (Fsp3) is 0.462. The average Bonchev–Trinajstić information content (AvgIpc) is 2.34. The number of benzene rings is 1. The van der Waals surface area contributed by atoms with E-state index >= 15 is 0 Å². The van der Waals surface area contributed by atoms with Crippen LogP contribution >= 0.6 is 11.6 Å². The smallest absolute Gasteiger partial charge is 0.322 e. The van der Waals surface area contributed by atoms with E-state index in [9.17, 15) is 9.18 Å². The molecular weight excluding hydrogens is 255 g/mol. The third-order valence-corrected chi connectivity index (χ3v) is 3.54. The van der Waals surface area contributed by atoms with Gasteiger partial charge >= 0.3 is 6.03 Å². The summed E-state index contributed by atoms with van der Waals surface area (Å²) in [6, 6.07) is 4.32. The second-order valence-electron chi connectivity index (χ2n) is 4.60. The molecule has 0 aromatic heterocycles. The molecule has 0 aliphatic carbocycles. The van der Waals surface area contributed by atoms with Crippen LogP contribution in [0.1, 0.15) is 26.2 Å². The number of carbonyl (C=O) groups excluding carboxylic acids is 1. The van der Waals surface area contributed by atoms with Crippen LogP contribution in [0.4, 0.5) is 14.9 Å². The van der Waals surface area contributed by atoms with Crippen LogP contribution in [0.5, 0.6) is 0 Å². The highest BCUT2D eigenvalue weighted by Crippen LogP contribution is 2.21. The lowest BCUT2D eigenvalue weighted by atomic mass is 10.0. The summed E-state index contributed by atoms with van der Waals surface area (Å²) in [6.07, 6.45) is 3.19. The quantitative estimate of drug-likeness (QED) is 0.825. The Hall–Kier alpha value is -1.29. The number of nitrogens with zero attached hydrogens (tertiary/aromatic N) is 1. The average molecular weight is 271 g/mol. The number of nitrogens with one attached hydrogen (secondary N) is 1. The van der Waals surface area contributed by atoms with Crippen LogP contribution in [0.3, 0.4) is 0 Å². The minimum Gasteiger partial charge on any atom is -0.322 e. The second kappa shape index (κ2) is 5.57. The molecule has 1 N–H and O–H groups in total. The Morgan fingerprint density at radius 2 is 2.28 bits per heavy atom. The topological polar surface area (TPSA) is 32.3 Å². The molecule has 0 saturated carbocycles. The molecule has 2 amide bonds. The van der Waals surface area contributed by atoms with Crippen molar-refractivity contribution in [3.05, 3.63) is 29.0 Å². The number of anilines is 1. The molecule has 2 rings (SSSR count). The van der Waals surface area contributed by atoms with Gasteiger partial charge in [-0.1, -0.05) is 11.6 Å². The number of carbonyl (C=O) groups is 1. The predicted molar refractivity (Wildman–Crippen MR) is 70.4 cm³/mol. The van der Waals surface area contributed by atoms with Crippen molar-refractivity contribution in [2.45, 2.75) is 32.2 Å². The van der Waals surface area contributed by atoms with E-state index in [-0.39, 0.29) is 17.1 Å². The van der Waals surface area contributed by atoms with Gasteiger partial charge in [-0.2, -0.15) is 0 Å². The third kappa shape index (κ3) is 2.93. The predicted octanol–water partition coefficient (Wildman–Crippen LogP) is 3.89. The fourth-order valence-corrected chi connectivity index (χ4v) is 2.29. The summed E-state index contributed by atoms with van der Waals surface area (Å²) in [5.74, 6) is -0.527. The number of halogens is 2. The van der Waals surface area contributed by atoms with Crippen molar-refractivity contribution in [3.8, 4) is 0 Å². The maximum absolute atomic E-state index is 13.3. The normalized spacial score (nSPS) is 19.7. The first-order valence-electron chi connectivity index (χ1n) is 6.10. The van der Waals surface area contributed by atoms with Gasteiger partial charge in [-0.25, -0.2) is 9.18 Å². The van der Waals surface area contributed by atoms with E-state index in [4.69, 9.17) is 11.6 Å². The molecule has 0 spiro atoms. The van der Waals surface area contributed by atoms with Crippen molar-refractivity contribution in [1.29, 1.82) is 0 Å². The molecule has 0 radical (unpaired) electrons. The summed E-state index contributed by atoms with van der Waals surface area (Å²) in [7, 11) is 0. The lowest BCUT2D eigenvalue weighted by molar-refractivity contribution is 0.170. The molecule has 98 valence electrons. The Kier molecular flexibility index (Phi) is 4.07. The van der Waals surface area contributed by atoms with Crippen molar-refractivity contribution < 1.29 is 9.18 Å². The summed E-state index contributed by atoms with van der Waals surface area (Å²) in [5.41, 5.74) is 0.430. The summed E-state index contributed by atoms with van der Waals surface area (Å²) >= 11 is 5.59. The summed E-state index contributed by atoms with van der Waals surface area (Å²) < 4.78 is 13.3. The fourth-order valence-electron chi connectivity index (χ4n) is 2.17. The van der Waals surface area contributed by atoms with Crippen molar-refractivity contribution in [2.24, 2.45) is 0 Å². The van der Waals surface area contributed by atoms with Crippen LogP contribution < -0.4 is 5.32 Å². The first-order valence-corrected chi connectivity index (χ1v) is 6.48. The van der Waals surface area contributed by atoms with E-state index in [0.29, 0.717) is 5.69 Å². The summed E-state index contributed by atoms with van der Waals surface area (Å²) in [4.78, 5) is 13.8. The zero-order valence-corrected chi connectivity index (χ0v) is 11.0. The standard InChI is InChI=1S/C13H16ClFN2O/c1-9-4-2-3-7-17(9)13(18)16-10-5-6-11(14)12(15)8-10/h5-6,8-9H,2-4,7H2,1H3,(H,16,18)/t9-/m0/s1. The molecule has 1 aromatic carbocycles. The molecule has 1 aromatic rings. The summed E-state index contributed by atoms with van der Waals surface area (Å²) in [5, 5.41) is 2.75. The van der Waals surface area contributed by atoms with E-state index in [1.54, 1.807) is 11.0 Å². The van der Waals surface area contributed by atoms with Gasteiger partial charge in [-0.05, 0) is 44.4 Å². The molecule has 1 atom stereocenters. The van der Waals surface area contributed by atoms with Crippen LogP contribution in [0.15, 0.2) is 18.2 Å². The zero-order valence-electron chi connectivity index (χ0n) is 10.2. The Labute approximate surface area is 111 Å². The first kappa shape index (κ1) is 13.1. The van der Waals surface area contributed by atoms with Crippen molar-refractivity contribution >= 4 is 23.3 Å². The van der Waals surface area contributed by atoms with Crippen LogP contribution in [0.2, 0.25) is 5.02 Å². The number of likely N-dealkylation sites (tertiary alicyclic amines) is 1. The number of piperidine rings is 1. The van der Waals surface area contributed by atoms with E-state index < -0.39 is 5.82 Å². The molecule has 1 aliphatic heterocycles. The minimum absolute atomic E-state index is 0.0549. The number of amides is 2. The molecule has 1 aliphatic rings. The highest BCUT2D eigenvalue weighted by molar-refractivity contribution is 6.30. The molecule has 1 saturated heterocycles. The molecule has 1 fully saturated rings. The molecule has 1 heterocycles. The van der Waals surface area contributed by atoms with Crippen LogP contribution in [-0.2, 0) is 0 Å². The Balaban J connectivity index is 2.04. The lowest BCUT2D eigenvalue weighted by Crippen LogP contribution is -2.44. The third-order valence-electron chi connectivity index (χ3n) is 3.23. The van der Waals surface area contributed by atoms with E-state index in [1.165, 1.54) is 12.1 Å². The zero-order chi connectivity index (χ0) is 13.1. The minimum atomic E-state index is -0.527. The number of hydrogen-bond donors (Lipinski definition) is 1. The summed E-state index contributed by atoms with van der Waals surface area (Å²) in [6.45, 7) is 2.78. The van der Waals surface area contributed by atoms with Gasteiger partial charge in [0.1, 0.15) is 5.82 Å². The van der Waals surface area contributed by atoms with Gasteiger partial charge < -0.3 is 10.2 Å². The Morgan fingerprint density at radius 3 is 2.94 bits per heavy atom. The Morgan fingerprint density at radius 1 is 1.50 bits per heavy atom. The second-order valence-corrected chi connectivity index (χ2v) is 5.00. The number of urea groups is 1. The number of hydrogen-bond acceptors (Lipinski definition) is 1. The highest BCUT2D eigenvalue weighted by Gasteiger charge is 2.23. The van der Waals surface area contributed by atoms with Gasteiger partial charge in [0.15, 0.2) is 0 Å². The van der Waals surface area contributed by atoms with Crippen molar-refractivity contribution in [3.63, 3.8) is 0 Å². The van der Waals surface area contributed by atoms with Gasteiger partial charge in [-0.15, -0.1) is 0 Å². The van der Waals surface area contributed by atoms with E-state index in [1.807, 2.05) is 6.92 Å². The molecular formula is C13H16ClFN2O. The van der Waals surface area contributed by atoms with Gasteiger partial charge in [0.05, 0.1) is 5.02 Å². The molecule has 5 heteroatoms. The van der Waals surface area contributed by atoms with Crippen molar-refractivity contribution in [2.75, 3.05) is 11.9 Å². The van der Waals surface area contributed by atoms with Gasteiger partial charge in [0.2, 0.25) is 0 Å². The van der Waals surface area contributed by atoms with Gasteiger partial charge in [0.25, 0.3) is 0 Å². The SMILES string of the molecule is C[C@H]1CCCCN1C(=O)Nc1ccc(Cl)c(F)c1. The van der Waals surface area contributed by atoms with Crippen LogP contribution in [-0.4, -0.2) is 23.5 Å². The monoisotopic (exact) mass is 270 g/mol. The van der Waals surface area contributed by atoms with Crippen LogP contribution in [0.25, 0.3) is 0 Å². The largest absolute Gasteiger partial charge is 0.322 e. The molecule has 0 bridgehead atoms. The number of rotatable bonds is 1. The highest BCUT2D eigenvalue weighted by atomic mass is 35.5. The Bertz CT molecular complexity index is 453.